The second-order valence-electron chi connectivity index (χ2n) is 4.46. The third kappa shape index (κ3) is 6.23. The quantitative estimate of drug-likeness (QED) is 0.748. The van der Waals surface area contributed by atoms with Gasteiger partial charge in [0, 0.05) is 16.5 Å². The van der Waals surface area contributed by atoms with Crippen LogP contribution in [0.2, 0.25) is 10.0 Å². The van der Waals surface area contributed by atoms with Crippen molar-refractivity contribution in [3.8, 4) is 0 Å². The average Bonchev–Trinajstić information content (AvgIpc) is 2.41. The molecular weight excluding hydrogens is 317 g/mol. The van der Waals surface area contributed by atoms with Crippen molar-refractivity contribution in [3.05, 3.63) is 33.8 Å². The highest BCUT2D eigenvalue weighted by Gasteiger charge is 2.22. The highest BCUT2D eigenvalue weighted by molar-refractivity contribution is 6.35. The number of benzene rings is 1. The standard InChI is InChI=1S/C14H17Cl2NO4/c1-2-3-6-21-14(20)17-12(13(18)19)7-9-4-5-10(15)8-11(9)16/h4-5,8,12H,2-3,6-7H2,1H3,(H,17,20)(H,18,19). The smallest absolute Gasteiger partial charge is 0.407 e. The van der Waals surface area contributed by atoms with Crippen molar-refractivity contribution < 1.29 is 19.4 Å². The second-order valence-corrected chi connectivity index (χ2v) is 5.31. The van der Waals surface area contributed by atoms with Gasteiger partial charge in [-0.3, -0.25) is 0 Å². The maximum atomic E-state index is 11.5. The lowest BCUT2D eigenvalue weighted by Crippen LogP contribution is -2.42. The summed E-state index contributed by atoms with van der Waals surface area (Å²) in [5, 5.41) is 12.3. The van der Waals surface area contributed by atoms with Crippen molar-refractivity contribution in [1.82, 2.24) is 5.32 Å². The molecule has 0 aliphatic carbocycles. The van der Waals surface area contributed by atoms with Crippen molar-refractivity contribution in [2.75, 3.05) is 6.61 Å². The van der Waals surface area contributed by atoms with Gasteiger partial charge in [0.15, 0.2) is 0 Å². The first-order chi connectivity index (χ1) is 9.93. The largest absolute Gasteiger partial charge is 0.480 e. The molecule has 0 aliphatic heterocycles. The fourth-order valence-corrected chi connectivity index (χ4v) is 2.09. The summed E-state index contributed by atoms with van der Waals surface area (Å²) in [4.78, 5) is 22.7. The Labute approximate surface area is 133 Å². The Bertz CT molecular complexity index is 508. The maximum Gasteiger partial charge on any atom is 0.407 e. The summed E-state index contributed by atoms with van der Waals surface area (Å²) in [6.45, 7) is 2.22. The minimum atomic E-state index is -1.16. The van der Waals surface area contributed by atoms with Crippen LogP contribution in [-0.4, -0.2) is 29.8 Å². The summed E-state index contributed by atoms with van der Waals surface area (Å²) in [5.74, 6) is -1.16. The highest BCUT2D eigenvalue weighted by atomic mass is 35.5. The number of amides is 1. The number of halogens is 2. The lowest BCUT2D eigenvalue weighted by molar-refractivity contribution is -0.139. The van der Waals surface area contributed by atoms with Gasteiger partial charge in [-0.15, -0.1) is 0 Å². The molecule has 21 heavy (non-hydrogen) atoms. The molecule has 1 rings (SSSR count). The number of unbranched alkanes of at least 4 members (excludes halogenated alkanes) is 1. The van der Waals surface area contributed by atoms with Crippen LogP contribution in [0.3, 0.4) is 0 Å². The van der Waals surface area contributed by atoms with Crippen LogP contribution in [0.1, 0.15) is 25.3 Å². The number of rotatable bonds is 7. The van der Waals surface area contributed by atoms with E-state index < -0.39 is 18.1 Å². The van der Waals surface area contributed by atoms with E-state index in [1.807, 2.05) is 6.92 Å². The number of hydrogen-bond donors (Lipinski definition) is 2. The van der Waals surface area contributed by atoms with Gasteiger partial charge in [-0.1, -0.05) is 42.6 Å². The van der Waals surface area contributed by atoms with E-state index in [-0.39, 0.29) is 13.0 Å². The molecular formula is C14H17Cl2NO4. The summed E-state index contributed by atoms with van der Waals surface area (Å²) in [5.41, 5.74) is 0.585. The molecule has 1 amide bonds. The molecule has 0 saturated carbocycles. The molecule has 7 heteroatoms. The first kappa shape index (κ1) is 17.6. The number of carbonyl (C=O) groups is 2. The van der Waals surface area contributed by atoms with Gasteiger partial charge in [0.05, 0.1) is 6.61 Å². The van der Waals surface area contributed by atoms with E-state index in [1.54, 1.807) is 12.1 Å². The number of hydrogen-bond acceptors (Lipinski definition) is 3. The van der Waals surface area contributed by atoms with E-state index in [1.165, 1.54) is 6.07 Å². The summed E-state index contributed by atoms with van der Waals surface area (Å²) < 4.78 is 4.88. The zero-order valence-electron chi connectivity index (χ0n) is 11.6. The SMILES string of the molecule is CCCCOC(=O)NC(Cc1ccc(Cl)cc1Cl)C(=O)O. The van der Waals surface area contributed by atoms with Crippen molar-refractivity contribution in [3.63, 3.8) is 0 Å². The van der Waals surface area contributed by atoms with Gasteiger partial charge >= 0.3 is 12.1 Å². The van der Waals surface area contributed by atoms with Crippen LogP contribution in [0.25, 0.3) is 0 Å². The number of nitrogens with one attached hydrogen (secondary N) is 1. The summed E-state index contributed by atoms with van der Waals surface area (Å²) >= 11 is 11.8. The van der Waals surface area contributed by atoms with Gasteiger partial charge in [0.1, 0.15) is 6.04 Å². The fourth-order valence-electron chi connectivity index (χ4n) is 1.60. The molecule has 0 radical (unpaired) electrons. The highest BCUT2D eigenvalue weighted by Crippen LogP contribution is 2.22. The Morgan fingerprint density at radius 2 is 2.10 bits per heavy atom. The third-order valence-corrected chi connectivity index (χ3v) is 3.35. The molecule has 0 saturated heterocycles. The van der Waals surface area contributed by atoms with E-state index in [9.17, 15) is 9.59 Å². The predicted octanol–water partition coefficient (Wildman–Crippen LogP) is 3.52. The number of alkyl carbamates (subject to hydrolysis) is 1. The zero-order chi connectivity index (χ0) is 15.8. The third-order valence-electron chi connectivity index (χ3n) is 2.76. The molecule has 1 aromatic rings. The normalized spacial score (nSPS) is 11.8. The maximum absolute atomic E-state index is 11.5. The van der Waals surface area contributed by atoms with Crippen molar-refractivity contribution in [2.45, 2.75) is 32.2 Å². The van der Waals surface area contributed by atoms with Crippen molar-refractivity contribution in [2.24, 2.45) is 0 Å². The lowest BCUT2D eigenvalue weighted by Gasteiger charge is -2.15. The van der Waals surface area contributed by atoms with Gasteiger partial charge < -0.3 is 15.2 Å². The number of carbonyl (C=O) groups excluding carboxylic acids is 1. The van der Waals surface area contributed by atoms with Gasteiger partial charge in [0.25, 0.3) is 0 Å². The Morgan fingerprint density at radius 1 is 1.38 bits per heavy atom. The minimum absolute atomic E-state index is 0.0498. The van der Waals surface area contributed by atoms with Gasteiger partial charge in [0.2, 0.25) is 0 Å². The van der Waals surface area contributed by atoms with Crippen LogP contribution in [0.4, 0.5) is 4.79 Å². The van der Waals surface area contributed by atoms with Gasteiger partial charge in [-0.25, -0.2) is 9.59 Å². The molecule has 116 valence electrons. The second kappa shape index (κ2) is 8.74. The van der Waals surface area contributed by atoms with Gasteiger partial charge in [-0.05, 0) is 24.1 Å². The summed E-state index contributed by atoms with van der Waals surface area (Å²) in [6.07, 6.45) is 0.916. The van der Waals surface area contributed by atoms with E-state index >= 15 is 0 Å². The van der Waals surface area contributed by atoms with E-state index in [0.29, 0.717) is 15.6 Å². The van der Waals surface area contributed by atoms with E-state index in [2.05, 4.69) is 5.32 Å². The molecule has 0 heterocycles. The number of aliphatic carboxylic acids is 1. The Morgan fingerprint density at radius 3 is 2.67 bits per heavy atom. The van der Waals surface area contributed by atoms with Crippen molar-refractivity contribution >= 4 is 35.3 Å². The van der Waals surface area contributed by atoms with Gasteiger partial charge in [-0.2, -0.15) is 0 Å². The molecule has 0 aliphatic rings. The first-order valence-corrected chi connectivity index (χ1v) is 7.29. The first-order valence-electron chi connectivity index (χ1n) is 6.54. The molecule has 0 aromatic heterocycles. The average molecular weight is 334 g/mol. The van der Waals surface area contributed by atoms with Crippen LogP contribution in [0, 0.1) is 0 Å². The molecule has 5 nitrogen and oxygen atoms in total. The molecule has 0 fully saturated rings. The fraction of sp³-hybridized carbons (Fsp3) is 0.429. The number of carboxylic acid groups (broad SMARTS) is 1. The molecule has 1 unspecified atom stereocenters. The van der Waals surface area contributed by atoms with Crippen LogP contribution in [0.15, 0.2) is 18.2 Å². The molecule has 0 spiro atoms. The Hall–Kier alpha value is -1.46. The Balaban J connectivity index is 2.65. The summed E-state index contributed by atoms with van der Waals surface area (Å²) in [7, 11) is 0. The van der Waals surface area contributed by atoms with E-state index in [4.69, 9.17) is 33.0 Å². The van der Waals surface area contributed by atoms with Crippen LogP contribution in [0.5, 0.6) is 0 Å². The summed E-state index contributed by atoms with van der Waals surface area (Å²) in [6, 6.07) is 3.65. The van der Waals surface area contributed by atoms with E-state index in [0.717, 1.165) is 12.8 Å². The van der Waals surface area contributed by atoms with Crippen LogP contribution < -0.4 is 5.32 Å². The van der Waals surface area contributed by atoms with Crippen LogP contribution >= 0.6 is 23.2 Å². The van der Waals surface area contributed by atoms with Crippen LogP contribution in [-0.2, 0) is 16.0 Å². The molecule has 2 N–H and O–H groups in total. The molecule has 0 bridgehead atoms. The number of carboxylic acids is 1. The Kier molecular flexibility index (Phi) is 7.32. The topological polar surface area (TPSA) is 75.6 Å². The lowest BCUT2D eigenvalue weighted by atomic mass is 10.1. The monoisotopic (exact) mass is 333 g/mol. The molecule has 1 aromatic carbocycles. The van der Waals surface area contributed by atoms with Crippen molar-refractivity contribution in [1.29, 1.82) is 0 Å². The number of ether oxygens (including phenoxy) is 1. The predicted molar refractivity (Wildman–Crippen MR) is 81.0 cm³/mol. The molecule has 1 atom stereocenters. The minimum Gasteiger partial charge on any atom is -0.480 e. The zero-order valence-corrected chi connectivity index (χ0v) is 13.1.